The lowest BCUT2D eigenvalue weighted by atomic mass is 9.99. The third-order valence-electron chi connectivity index (χ3n) is 3.24. The summed E-state index contributed by atoms with van der Waals surface area (Å²) in [5, 5.41) is 13.1. The molecule has 0 aromatic carbocycles. The van der Waals surface area contributed by atoms with Gasteiger partial charge in [-0.3, -0.25) is 9.59 Å². The van der Waals surface area contributed by atoms with Crippen molar-refractivity contribution in [3.63, 3.8) is 0 Å². The molecule has 1 amide bonds. The first-order chi connectivity index (χ1) is 8.61. The fourth-order valence-electron chi connectivity index (χ4n) is 2.18. The van der Waals surface area contributed by atoms with E-state index >= 15 is 0 Å². The second kappa shape index (κ2) is 5.30. The van der Waals surface area contributed by atoms with Crippen molar-refractivity contribution in [1.29, 1.82) is 0 Å². The molecule has 98 valence electrons. The molecule has 1 saturated heterocycles. The summed E-state index contributed by atoms with van der Waals surface area (Å²) in [6.07, 6.45) is 1.84. The van der Waals surface area contributed by atoms with Crippen LogP contribution in [0.25, 0.3) is 0 Å². The van der Waals surface area contributed by atoms with E-state index in [2.05, 4.69) is 5.10 Å². The van der Waals surface area contributed by atoms with Crippen LogP contribution in [-0.2, 0) is 7.05 Å². The van der Waals surface area contributed by atoms with Crippen LogP contribution in [0, 0.1) is 5.92 Å². The lowest BCUT2D eigenvalue weighted by Gasteiger charge is -2.31. The van der Waals surface area contributed by atoms with Gasteiger partial charge in [0.2, 0.25) is 0 Å². The zero-order valence-corrected chi connectivity index (χ0v) is 10.4. The summed E-state index contributed by atoms with van der Waals surface area (Å²) < 4.78 is 1.15. The van der Waals surface area contributed by atoms with Gasteiger partial charge in [0.15, 0.2) is 0 Å². The molecule has 2 rings (SSSR count). The van der Waals surface area contributed by atoms with E-state index in [-0.39, 0.29) is 29.7 Å². The van der Waals surface area contributed by atoms with Crippen molar-refractivity contribution in [2.45, 2.75) is 12.8 Å². The fraction of sp³-hybridized carbons (Fsp3) is 0.583. The number of rotatable bonds is 2. The molecular formula is C12H17N3O3. The van der Waals surface area contributed by atoms with Gasteiger partial charge in [-0.05, 0) is 24.8 Å². The quantitative estimate of drug-likeness (QED) is 0.777. The third kappa shape index (κ3) is 2.59. The first-order valence-electron chi connectivity index (χ1n) is 6.06. The predicted octanol–water partition coefficient (Wildman–Crippen LogP) is -0.375. The second-order valence-electron chi connectivity index (χ2n) is 4.62. The van der Waals surface area contributed by atoms with E-state index in [0.29, 0.717) is 13.1 Å². The number of amides is 1. The summed E-state index contributed by atoms with van der Waals surface area (Å²) in [7, 11) is 1.52. The molecule has 0 aliphatic carbocycles. The van der Waals surface area contributed by atoms with Gasteiger partial charge in [0.1, 0.15) is 5.69 Å². The van der Waals surface area contributed by atoms with Crippen molar-refractivity contribution < 1.29 is 9.90 Å². The number of hydrogen-bond donors (Lipinski definition) is 1. The number of aliphatic hydroxyl groups excluding tert-OH is 1. The average molecular weight is 251 g/mol. The van der Waals surface area contributed by atoms with Crippen LogP contribution >= 0.6 is 0 Å². The Balaban J connectivity index is 2.15. The molecule has 1 unspecified atom stereocenters. The maximum absolute atomic E-state index is 12.2. The molecule has 0 radical (unpaired) electrons. The highest BCUT2D eigenvalue weighted by molar-refractivity contribution is 5.92. The summed E-state index contributed by atoms with van der Waals surface area (Å²) in [6.45, 7) is 1.34. The van der Waals surface area contributed by atoms with Crippen LogP contribution < -0.4 is 5.56 Å². The Labute approximate surface area is 105 Å². The summed E-state index contributed by atoms with van der Waals surface area (Å²) >= 11 is 0. The Bertz CT molecular complexity index is 498. The summed E-state index contributed by atoms with van der Waals surface area (Å²) in [5.74, 6) is -0.0287. The summed E-state index contributed by atoms with van der Waals surface area (Å²) in [5.41, 5.74) is 0.0362. The number of hydrogen-bond acceptors (Lipinski definition) is 4. The zero-order chi connectivity index (χ0) is 13.1. The molecule has 1 fully saturated rings. The van der Waals surface area contributed by atoms with Gasteiger partial charge in [-0.2, -0.15) is 5.10 Å². The Kier molecular flexibility index (Phi) is 3.76. The van der Waals surface area contributed by atoms with Gasteiger partial charge in [-0.25, -0.2) is 4.68 Å². The number of carbonyl (C=O) groups is 1. The molecule has 1 N–H and O–H groups in total. The van der Waals surface area contributed by atoms with E-state index in [9.17, 15) is 9.59 Å². The van der Waals surface area contributed by atoms with Crippen LogP contribution in [0.1, 0.15) is 23.3 Å². The lowest BCUT2D eigenvalue weighted by molar-refractivity contribution is 0.0612. The molecular weight excluding hydrogens is 234 g/mol. The Morgan fingerprint density at radius 2 is 2.33 bits per heavy atom. The highest BCUT2D eigenvalue weighted by Crippen LogP contribution is 2.17. The molecule has 1 aromatic heterocycles. The van der Waals surface area contributed by atoms with Crippen LogP contribution in [0.3, 0.4) is 0 Å². The van der Waals surface area contributed by atoms with Crippen LogP contribution in [0.15, 0.2) is 16.9 Å². The molecule has 1 atom stereocenters. The maximum atomic E-state index is 12.2. The van der Waals surface area contributed by atoms with E-state index in [1.54, 1.807) is 4.90 Å². The molecule has 6 heteroatoms. The number of likely N-dealkylation sites (tertiary alicyclic amines) is 1. The smallest absolute Gasteiger partial charge is 0.274 e. The van der Waals surface area contributed by atoms with E-state index < -0.39 is 0 Å². The van der Waals surface area contributed by atoms with Gasteiger partial charge in [0, 0.05) is 32.8 Å². The maximum Gasteiger partial charge on any atom is 0.274 e. The molecule has 1 aromatic rings. The van der Waals surface area contributed by atoms with Crippen molar-refractivity contribution in [3.8, 4) is 0 Å². The largest absolute Gasteiger partial charge is 0.396 e. The molecule has 1 aliphatic heterocycles. The second-order valence-corrected chi connectivity index (χ2v) is 4.62. The minimum Gasteiger partial charge on any atom is -0.396 e. The summed E-state index contributed by atoms with van der Waals surface area (Å²) in [6, 6.07) is 2.79. The minimum absolute atomic E-state index is 0.102. The Hall–Kier alpha value is -1.69. The SMILES string of the molecule is Cn1nc(C(=O)N2CCCC(CO)C2)ccc1=O. The van der Waals surface area contributed by atoms with Crippen molar-refractivity contribution in [2.24, 2.45) is 13.0 Å². The highest BCUT2D eigenvalue weighted by atomic mass is 16.3. The molecule has 0 spiro atoms. The van der Waals surface area contributed by atoms with Gasteiger partial charge in [-0.15, -0.1) is 0 Å². The molecule has 1 aliphatic rings. The van der Waals surface area contributed by atoms with Crippen molar-refractivity contribution in [1.82, 2.24) is 14.7 Å². The van der Waals surface area contributed by atoms with E-state index in [0.717, 1.165) is 17.5 Å². The van der Waals surface area contributed by atoms with Gasteiger partial charge >= 0.3 is 0 Å². The molecule has 0 bridgehead atoms. The molecule has 6 nitrogen and oxygen atoms in total. The monoisotopic (exact) mass is 251 g/mol. The summed E-state index contributed by atoms with van der Waals surface area (Å²) in [4.78, 5) is 25.1. The lowest BCUT2D eigenvalue weighted by Crippen LogP contribution is -2.41. The van der Waals surface area contributed by atoms with Crippen LogP contribution in [0.2, 0.25) is 0 Å². The van der Waals surface area contributed by atoms with Gasteiger partial charge in [0.05, 0.1) is 0 Å². The van der Waals surface area contributed by atoms with Crippen LogP contribution in [0.4, 0.5) is 0 Å². The van der Waals surface area contributed by atoms with Crippen molar-refractivity contribution in [2.75, 3.05) is 19.7 Å². The number of piperidine rings is 1. The number of aliphatic hydroxyl groups is 1. The Morgan fingerprint density at radius 1 is 1.56 bits per heavy atom. The van der Waals surface area contributed by atoms with E-state index in [4.69, 9.17) is 5.11 Å². The first kappa shape index (κ1) is 12.8. The highest BCUT2D eigenvalue weighted by Gasteiger charge is 2.24. The molecule has 2 heterocycles. The van der Waals surface area contributed by atoms with Gasteiger partial charge in [-0.1, -0.05) is 0 Å². The number of aromatic nitrogens is 2. The molecule has 18 heavy (non-hydrogen) atoms. The van der Waals surface area contributed by atoms with E-state index in [1.807, 2.05) is 0 Å². The number of aryl methyl sites for hydroxylation is 1. The number of nitrogens with zero attached hydrogens (tertiary/aromatic N) is 3. The van der Waals surface area contributed by atoms with Gasteiger partial charge in [0.25, 0.3) is 11.5 Å². The van der Waals surface area contributed by atoms with Crippen LogP contribution in [-0.4, -0.2) is 45.4 Å². The first-order valence-corrected chi connectivity index (χ1v) is 6.06. The zero-order valence-electron chi connectivity index (χ0n) is 10.4. The van der Waals surface area contributed by atoms with E-state index in [1.165, 1.54) is 19.2 Å². The van der Waals surface area contributed by atoms with Crippen LogP contribution in [0.5, 0.6) is 0 Å². The normalized spacial score (nSPS) is 19.9. The van der Waals surface area contributed by atoms with Crippen molar-refractivity contribution >= 4 is 5.91 Å². The standard InChI is InChI=1S/C12H17N3O3/c1-14-11(17)5-4-10(13-14)12(18)15-6-2-3-9(7-15)8-16/h4-5,9,16H,2-3,6-8H2,1H3. The predicted molar refractivity (Wildman–Crippen MR) is 65.2 cm³/mol. The third-order valence-corrected chi connectivity index (χ3v) is 3.24. The Morgan fingerprint density at radius 3 is 3.00 bits per heavy atom. The molecule has 0 saturated carbocycles. The minimum atomic E-state index is -0.238. The number of carbonyl (C=O) groups excluding carboxylic acids is 1. The average Bonchev–Trinajstić information content (AvgIpc) is 2.41. The topological polar surface area (TPSA) is 75.4 Å². The van der Waals surface area contributed by atoms with Gasteiger partial charge < -0.3 is 10.0 Å². The van der Waals surface area contributed by atoms with Crippen molar-refractivity contribution in [3.05, 3.63) is 28.2 Å². The fourth-order valence-corrected chi connectivity index (χ4v) is 2.18.